The lowest BCUT2D eigenvalue weighted by Crippen LogP contribution is -2.29. The highest BCUT2D eigenvalue weighted by Gasteiger charge is 2.19. The molecular formula is C21H28N6O3S. The first-order chi connectivity index (χ1) is 14.7. The second-order valence-corrected chi connectivity index (χ2v) is 9.06. The van der Waals surface area contributed by atoms with Crippen LogP contribution in [0.1, 0.15) is 28.1 Å². The second-order valence-electron chi connectivity index (χ2n) is 7.32. The molecule has 0 radical (unpaired) electrons. The van der Waals surface area contributed by atoms with Gasteiger partial charge in [0.15, 0.2) is 5.82 Å². The zero-order chi connectivity index (χ0) is 22.8. The van der Waals surface area contributed by atoms with Crippen LogP contribution in [0.25, 0.3) is 5.82 Å². The highest BCUT2D eigenvalue weighted by Crippen LogP contribution is 2.26. The van der Waals surface area contributed by atoms with Crippen molar-refractivity contribution in [2.45, 2.75) is 39.5 Å². The minimum absolute atomic E-state index is 0.201. The van der Waals surface area contributed by atoms with Crippen molar-refractivity contribution in [3.8, 4) is 11.6 Å². The maximum atomic E-state index is 12.7. The summed E-state index contributed by atoms with van der Waals surface area (Å²) in [5.74, 6) is 1.85. The molecule has 0 saturated carbocycles. The Kier molecular flexibility index (Phi) is 6.61. The molecule has 9 nitrogen and oxygen atoms in total. The van der Waals surface area contributed by atoms with Gasteiger partial charge in [-0.15, -0.1) is 10.2 Å². The van der Waals surface area contributed by atoms with E-state index in [1.165, 1.54) is 0 Å². The molecule has 0 amide bonds. The van der Waals surface area contributed by atoms with Gasteiger partial charge in [-0.3, -0.25) is 0 Å². The van der Waals surface area contributed by atoms with Gasteiger partial charge in [0, 0.05) is 18.8 Å². The Hall–Kier alpha value is -2.98. The molecule has 0 atom stereocenters. The van der Waals surface area contributed by atoms with Gasteiger partial charge in [0.25, 0.3) is 0 Å². The van der Waals surface area contributed by atoms with Crippen molar-refractivity contribution < 1.29 is 13.2 Å². The lowest BCUT2D eigenvalue weighted by atomic mass is 10.1. The standard InChI is InChI=1S/C21H28N6O3S/c1-13-14(2)19(8-7-18(13)30-6)31(28,29)23-12-11-22-20-9-10-21(25-24-20)27-17(5)15(3)16(4)26-27/h7-10,23H,11-12H2,1-6H3,(H,22,24). The van der Waals surface area contributed by atoms with E-state index in [2.05, 4.69) is 25.3 Å². The molecule has 0 fully saturated rings. The molecule has 0 unspecified atom stereocenters. The first-order valence-corrected chi connectivity index (χ1v) is 11.4. The van der Waals surface area contributed by atoms with Gasteiger partial charge in [0.1, 0.15) is 11.6 Å². The number of rotatable bonds is 8. The predicted molar refractivity (Wildman–Crippen MR) is 120 cm³/mol. The fourth-order valence-electron chi connectivity index (χ4n) is 3.21. The van der Waals surface area contributed by atoms with Crippen LogP contribution in [0.5, 0.6) is 5.75 Å². The largest absolute Gasteiger partial charge is 0.496 e. The smallest absolute Gasteiger partial charge is 0.240 e. The van der Waals surface area contributed by atoms with Crippen molar-refractivity contribution in [1.82, 2.24) is 24.7 Å². The number of methoxy groups -OCH3 is 1. The summed E-state index contributed by atoms with van der Waals surface area (Å²) < 4.78 is 34.9. The number of anilines is 1. The number of hydrogen-bond donors (Lipinski definition) is 2. The number of sulfonamides is 1. The maximum absolute atomic E-state index is 12.7. The average Bonchev–Trinajstić information content (AvgIpc) is 3.00. The summed E-state index contributed by atoms with van der Waals surface area (Å²) in [6, 6.07) is 6.83. The molecule has 10 heteroatoms. The Balaban J connectivity index is 1.59. The molecule has 2 aromatic heterocycles. The number of aromatic nitrogens is 4. The van der Waals surface area contributed by atoms with Crippen molar-refractivity contribution in [1.29, 1.82) is 0 Å². The Morgan fingerprint density at radius 2 is 1.68 bits per heavy atom. The number of hydrogen-bond acceptors (Lipinski definition) is 7. The number of nitrogens with zero attached hydrogens (tertiary/aromatic N) is 4. The van der Waals surface area contributed by atoms with Gasteiger partial charge in [-0.25, -0.2) is 17.8 Å². The van der Waals surface area contributed by atoms with Gasteiger partial charge >= 0.3 is 0 Å². The zero-order valence-corrected chi connectivity index (χ0v) is 19.5. The van der Waals surface area contributed by atoms with Gasteiger partial charge in [0.2, 0.25) is 10.0 Å². The van der Waals surface area contributed by atoms with Gasteiger partial charge in [0.05, 0.1) is 17.7 Å². The van der Waals surface area contributed by atoms with Crippen molar-refractivity contribution in [3.05, 3.63) is 52.3 Å². The molecule has 1 aromatic carbocycles. The van der Waals surface area contributed by atoms with E-state index < -0.39 is 10.0 Å². The monoisotopic (exact) mass is 444 g/mol. The van der Waals surface area contributed by atoms with E-state index in [9.17, 15) is 8.42 Å². The Morgan fingerprint density at radius 1 is 0.935 bits per heavy atom. The minimum Gasteiger partial charge on any atom is -0.496 e. The number of benzene rings is 1. The fourth-order valence-corrected chi connectivity index (χ4v) is 4.54. The third kappa shape index (κ3) is 4.70. The van der Waals surface area contributed by atoms with E-state index >= 15 is 0 Å². The van der Waals surface area contributed by atoms with Gasteiger partial charge in [-0.05, 0) is 75.6 Å². The van der Waals surface area contributed by atoms with Gasteiger partial charge in [-0.2, -0.15) is 5.10 Å². The van der Waals surface area contributed by atoms with Crippen molar-refractivity contribution >= 4 is 15.8 Å². The van der Waals surface area contributed by atoms with Gasteiger partial charge in [-0.1, -0.05) is 0 Å². The quantitative estimate of drug-likeness (QED) is 0.514. The third-order valence-electron chi connectivity index (χ3n) is 5.44. The summed E-state index contributed by atoms with van der Waals surface area (Å²) in [7, 11) is -2.07. The molecule has 0 aliphatic rings. The number of nitrogens with one attached hydrogen (secondary N) is 2. The molecule has 3 aromatic rings. The third-order valence-corrected chi connectivity index (χ3v) is 7.05. The van der Waals surface area contributed by atoms with E-state index in [4.69, 9.17) is 4.74 Å². The Labute approximate surface area is 182 Å². The highest BCUT2D eigenvalue weighted by atomic mass is 32.2. The zero-order valence-electron chi connectivity index (χ0n) is 18.6. The van der Waals surface area contributed by atoms with Crippen LogP contribution in [-0.4, -0.2) is 48.6 Å². The van der Waals surface area contributed by atoms with Crippen molar-refractivity contribution in [2.24, 2.45) is 0 Å². The topological polar surface area (TPSA) is 111 Å². The van der Waals surface area contributed by atoms with Crippen LogP contribution >= 0.6 is 0 Å². The van der Waals surface area contributed by atoms with E-state index in [-0.39, 0.29) is 11.4 Å². The highest BCUT2D eigenvalue weighted by molar-refractivity contribution is 7.89. The summed E-state index contributed by atoms with van der Waals surface area (Å²) in [5.41, 5.74) is 4.57. The first-order valence-electron chi connectivity index (χ1n) is 9.90. The summed E-state index contributed by atoms with van der Waals surface area (Å²) in [5, 5.41) is 15.9. The molecule has 0 bridgehead atoms. The lowest BCUT2D eigenvalue weighted by Gasteiger charge is -2.14. The van der Waals surface area contributed by atoms with Crippen LogP contribution in [-0.2, 0) is 10.0 Å². The Bertz CT molecular complexity index is 1190. The van der Waals surface area contributed by atoms with E-state index in [1.807, 2.05) is 33.8 Å². The first kappa shape index (κ1) is 22.7. The molecule has 3 rings (SSSR count). The summed E-state index contributed by atoms with van der Waals surface area (Å²) >= 11 is 0. The molecule has 2 heterocycles. The minimum atomic E-state index is -3.64. The van der Waals surface area contributed by atoms with E-state index in [0.717, 1.165) is 22.5 Å². The fraction of sp³-hybridized carbons (Fsp3) is 0.381. The van der Waals surface area contributed by atoms with E-state index in [1.54, 1.807) is 36.9 Å². The van der Waals surface area contributed by atoms with Crippen molar-refractivity contribution in [3.63, 3.8) is 0 Å². The summed E-state index contributed by atoms with van der Waals surface area (Å²) in [6.45, 7) is 10.1. The van der Waals surface area contributed by atoms with Gasteiger partial charge < -0.3 is 10.1 Å². The Morgan fingerprint density at radius 3 is 2.26 bits per heavy atom. The van der Waals surface area contributed by atoms with E-state index in [0.29, 0.717) is 29.5 Å². The van der Waals surface area contributed by atoms with Crippen LogP contribution in [0.15, 0.2) is 29.2 Å². The number of ether oxygens (including phenoxy) is 1. The molecule has 0 saturated heterocycles. The molecule has 0 spiro atoms. The molecule has 2 N–H and O–H groups in total. The molecule has 0 aliphatic heterocycles. The maximum Gasteiger partial charge on any atom is 0.240 e. The summed E-state index contributed by atoms with van der Waals surface area (Å²) in [6.07, 6.45) is 0. The van der Waals surface area contributed by atoms with Crippen LogP contribution in [0.3, 0.4) is 0 Å². The normalized spacial score (nSPS) is 11.5. The van der Waals surface area contributed by atoms with Crippen molar-refractivity contribution in [2.75, 3.05) is 25.5 Å². The molecule has 0 aliphatic carbocycles. The molecule has 31 heavy (non-hydrogen) atoms. The van der Waals surface area contributed by atoms with Crippen LogP contribution in [0.2, 0.25) is 0 Å². The molecule has 166 valence electrons. The van der Waals surface area contributed by atoms with Crippen LogP contribution in [0, 0.1) is 34.6 Å². The van der Waals surface area contributed by atoms with Crippen LogP contribution < -0.4 is 14.8 Å². The SMILES string of the molecule is COc1ccc(S(=O)(=O)NCCNc2ccc(-n3nc(C)c(C)c3C)nn2)c(C)c1C. The number of aryl methyl sites for hydroxylation is 1. The van der Waals surface area contributed by atoms with Crippen LogP contribution in [0.4, 0.5) is 5.82 Å². The summed E-state index contributed by atoms with van der Waals surface area (Å²) in [4.78, 5) is 0.245. The molecular weight excluding hydrogens is 416 g/mol. The average molecular weight is 445 g/mol. The predicted octanol–water partition coefficient (Wildman–Crippen LogP) is 2.60. The lowest BCUT2D eigenvalue weighted by molar-refractivity contribution is 0.410. The second kappa shape index (κ2) is 9.03.